The summed E-state index contributed by atoms with van der Waals surface area (Å²) < 4.78 is 1.82. The summed E-state index contributed by atoms with van der Waals surface area (Å²) in [5, 5.41) is 15.3. The summed E-state index contributed by atoms with van der Waals surface area (Å²) in [5.41, 5.74) is 0.949. The molecular weight excluding hydrogens is 274 g/mol. The molecule has 5 nitrogen and oxygen atoms in total. The largest absolute Gasteiger partial charge is 0.391 e. The molecule has 1 aliphatic rings. The van der Waals surface area contributed by atoms with Gasteiger partial charge in [-0.2, -0.15) is 5.10 Å². The fraction of sp³-hybridized carbons (Fsp3) is 0.571. The summed E-state index contributed by atoms with van der Waals surface area (Å²) in [7, 11) is 1.90. The number of nitrogens with zero attached hydrogens (tertiary/aromatic N) is 3. The third-order valence-electron chi connectivity index (χ3n) is 4.11. The van der Waals surface area contributed by atoms with Crippen LogP contribution in [0, 0.1) is 12.8 Å². The van der Waals surface area contributed by atoms with Crippen LogP contribution in [0.3, 0.4) is 0 Å². The molecule has 6 heteroatoms. The van der Waals surface area contributed by atoms with E-state index in [4.69, 9.17) is 0 Å². The summed E-state index contributed by atoms with van der Waals surface area (Å²) in [6, 6.07) is 1.93. The second kappa shape index (κ2) is 4.86. The number of aromatic nitrogens is 2. The van der Waals surface area contributed by atoms with Crippen molar-refractivity contribution < 1.29 is 9.90 Å². The van der Waals surface area contributed by atoms with E-state index in [2.05, 4.69) is 5.10 Å². The van der Waals surface area contributed by atoms with Crippen LogP contribution in [0.2, 0.25) is 0 Å². The Labute approximate surface area is 121 Å². The van der Waals surface area contributed by atoms with Gasteiger partial charge in [0.25, 0.3) is 5.91 Å². The smallest absolute Gasteiger partial charge is 0.264 e. The summed E-state index contributed by atoms with van der Waals surface area (Å²) in [5.74, 6) is 0.296. The van der Waals surface area contributed by atoms with E-state index in [-0.39, 0.29) is 11.8 Å². The van der Waals surface area contributed by atoms with E-state index < -0.39 is 6.10 Å². The van der Waals surface area contributed by atoms with Crippen molar-refractivity contribution in [2.45, 2.75) is 26.4 Å². The summed E-state index contributed by atoms with van der Waals surface area (Å²) in [6.07, 6.45) is 0.448. The zero-order chi connectivity index (χ0) is 14.4. The first-order valence-electron chi connectivity index (χ1n) is 6.88. The molecule has 2 unspecified atom stereocenters. The van der Waals surface area contributed by atoms with Gasteiger partial charge in [0.2, 0.25) is 0 Å². The fourth-order valence-electron chi connectivity index (χ4n) is 2.70. The first-order valence-corrected chi connectivity index (χ1v) is 7.69. The van der Waals surface area contributed by atoms with E-state index in [9.17, 15) is 9.90 Å². The molecule has 1 N–H and O–H groups in total. The quantitative estimate of drug-likeness (QED) is 0.872. The maximum Gasteiger partial charge on any atom is 0.264 e. The highest BCUT2D eigenvalue weighted by Gasteiger charge is 2.29. The highest BCUT2D eigenvalue weighted by molar-refractivity contribution is 7.20. The van der Waals surface area contributed by atoms with Crippen LogP contribution in [0.25, 0.3) is 10.2 Å². The predicted molar refractivity (Wildman–Crippen MR) is 79.0 cm³/mol. The number of aliphatic hydroxyl groups is 1. The van der Waals surface area contributed by atoms with Gasteiger partial charge >= 0.3 is 0 Å². The van der Waals surface area contributed by atoms with Crippen molar-refractivity contribution in [1.29, 1.82) is 0 Å². The van der Waals surface area contributed by atoms with Crippen LogP contribution in [-0.2, 0) is 7.05 Å². The zero-order valence-electron chi connectivity index (χ0n) is 12.0. The minimum atomic E-state index is -0.412. The van der Waals surface area contributed by atoms with Gasteiger partial charge in [-0.1, -0.05) is 6.92 Å². The topological polar surface area (TPSA) is 58.4 Å². The zero-order valence-corrected chi connectivity index (χ0v) is 12.8. The van der Waals surface area contributed by atoms with E-state index >= 15 is 0 Å². The molecule has 1 amide bonds. The number of amides is 1. The molecule has 0 aliphatic carbocycles. The van der Waals surface area contributed by atoms with Gasteiger partial charge in [-0.15, -0.1) is 11.3 Å². The standard InChI is InChI=1S/C14H19N3O2S/c1-8-4-5-17(7-11(8)18)13(19)12-6-10-9(2)15-16(3)14(10)20-12/h6,8,11,18H,4-5,7H2,1-3H3. The molecule has 2 aromatic rings. The molecule has 108 valence electrons. The van der Waals surface area contributed by atoms with Crippen molar-refractivity contribution in [3.8, 4) is 0 Å². The molecule has 0 aromatic carbocycles. The highest BCUT2D eigenvalue weighted by atomic mass is 32.1. The molecule has 0 saturated carbocycles. The average Bonchev–Trinajstić information content (AvgIpc) is 2.95. The fourth-order valence-corrected chi connectivity index (χ4v) is 3.79. The van der Waals surface area contributed by atoms with Crippen molar-refractivity contribution in [3.05, 3.63) is 16.6 Å². The number of rotatable bonds is 1. The maximum absolute atomic E-state index is 12.5. The number of aryl methyl sites for hydroxylation is 2. The van der Waals surface area contributed by atoms with Crippen molar-refractivity contribution in [2.75, 3.05) is 13.1 Å². The summed E-state index contributed by atoms with van der Waals surface area (Å²) >= 11 is 1.48. The highest BCUT2D eigenvalue weighted by Crippen LogP contribution is 2.29. The number of fused-ring (bicyclic) bond motifs is 1. The molecule has 3 heterocycles. The van der Waals surface area contributed by atoms with Gasteiger partial charge in [0.15, 0.2) is 0 Å². The Kier molecular flexibility index (Phi) is 3.30. The molecule has 1 saturated heterocycles. The number of hydrogen-bond donors (Lipinski definition) is 1. The van der Waals surface area contributed by atoms with Gasteiger partial charge in [0, 0.05) is 25.5 Å². The van der Waals surface area contributed by atoms with Gasteiger partial charge in [-0.3, -0.25) is 9.48 Å². The summed E-state index contributed by atoms with van der Waals surface area (Å²) in [6.45, 7) is 5.14. The van der Waals surface area contributed by atoms with Crippen molar-refractivity contribution in [2.24, 2.45) is 13.0 Å². The number of hydrogen-bond acceptors (Lipinski definition) is 4. The number of β-amino-alcohol motifs (C(OH)–C–C–N with tert-alkyl or cyclic N) is 1. The van der Waals surface area contributed by atoms with Crippen LogP contribution in [0.4, 0.5) is 0 Å². The first-order chi connectivity index (χ1) is 9.47. The lowest BCUT2D eigenvalue weighted by Crippen LogP contribution is -2.45. The molecule has 2 aromatic heterocycles. The number of thiophene rings is 1. The molecule has 3 rings (SSSR count). The molecular formula is C14H19N3O2S. The van der Waals surface area contributed by atoms with Gasteiger partial charge < -0.3 is 10.0 Å². The Hall–Kier alpha value is -1.40. The van der Waals surface area contributed by atoms with Gasteiger partial charge in [0.05, 0.1) is 16.7 Å². The van der Waals surface area contributed by atoms with E-state index in [1.54, 1.807) is 4.90 Å². The van der Waals surface area contributed by atoms with E-state index in [1.807, 2.05) is 31.6 Å². The van der Waals surface area contributed by atoms with E-state index in [1.165, 1.54) is 11.3 Å². The molecule has 20 heavy (non-hydrogen) atoms. The third kappa shape index (κ3) is 2.13. The minimum absolute atomic E-state index is 0.0246. The first kappa shape index (κ1) is 13.6. The minimum Gasteiger partial charge on any atom is -0.391 e. The SMILES string of the molecule is Cc1nn(C)c2sc(C(=O)N3CCC(C)C(O)C3)cc12. The lowest BCUT2D eigenvalue weighted by molar-refractivity contribution is 0.0251. The lowest BCUT2D eigenvalue weighted by Gasteiger charge is -2.34. The normalized spacial score (nSPS) is 23.5. The molecule has 1 aliphatic heterocycles. The van der Waals surface area contributed by atoms with Gasteiger partial charge in [0.1, 0.15) is 4.83 Å². The van der Waals surface area contributed by atoms with Gasteiger partial charge in [-0.05, 0) is 25.3 Å². The van der Waals surface area contributed by atoms with Crippen LogP contribution in [-0.4, -0.2) is 44.9 Å². The van der Waals surface area contributed by atoms with Crippen LogP contribution < -0.4 is 0 Å². The number of piperidine rings is 1. The van der Waals surface area contributed by atoms with E-state index in [0.29, 0.717) is 6.54 Å². The molecule has 1 fully saturated rings. The van der Waals surface area contributed by atoms with Crippen molar-refractivity contribution >= 4 is 27.5 Å². The van der Waals surface area contributed by atoms with Crippen molar-refractivity contribution in [1.82, 2.24) is 14.7 Å². The maximum atomic E-state index is 12.5. The molecule has 2 atom stereocenters. The Morgan fingerprint density at radius 3 is 2.95 bits per heavy atom. The Balaban J connectivity index is 1.87. The summed E-state index contributed by atoms with van der Waals surface area (Å²) in [4.78, 5) is 16.1. The lowest BCUT2D eigenvalue weighted by atomic mass is 9.96. The molecule has 0 bridgehead atoms. The van der Waals surface area contributed by atoms with Crippen molar-refractivity contribution in [3.63, 3.8) is 0 Å². The Morgan fingerprint density at radius 2 is 2.30 bits per heavy atom. The monoisotopic (exact) mass is 293 g/mol. The third-order valence-corrected chi connectivity index (χ3v) is 5.30. The number of carbonyl (C=O) groups is 1. The number of carbonyl (C=O) groups excluding carboxylic acids is 1. The van der Waals surface area contributed by atoms with Crippen LogP contribution >= 0.6 is 11.3 Å². The molecule has 0 spiro atoms. The van der Waals surface area contributed by atoms with Crippen LogP contribution in [0.1, 0.15) is 28.7 Å². The average molecular weight is 293 g/mol. The second-order valence-corrected chi connectivity index (χ2v) is 6.65. The predicted octanol–water partition coefficient (Wildman–Crippen LogP) is 1.79. The number of aliphatic hydroxyl groups excluding tert-OH is 1. The number of likely N-dealkylation sites (tertiary alicyclic amines) is 1. The Morgan fingerprint density at radius 1 is 1.55 bits per heavy atom. The molecule has 0 radical (unpaired) electrons. The Bertz CT molecular complexity index is 626. The van der Waals surface area contributed by atoms with Gasteiger partial charge in [-0.25, -0.2) is 0 Å². The van der Waals surface area contributed by atoms with E-state index in [0.717, 1.165) is 33.8 Å². The second-order valence-electron chi connectivity index (χ2n) is 5.62. The van der Waals surface area contributed by atoms with Crippen LogP contribution in [0.15, 0.2) is 6.07 Å². The van der Waals surface area contributed by atoms with Crippen LogP contribution in [0.5, 0.6) is 0 Å².